The third kappa shape index (κ3) is 3.73. The summed E-state index contributed by atoms with van der Waals surface area (Å²) < 4.78 is 16.0. The van der Waals surface area contributed by atoms with Gasteiger partial charge in [0.15, 0.2) is 11.5 Å². The van der Waals surface area contributed by atoms with Crippen LogP contribution in [0.15, 0.2) is 12.1 Å². The molecule has 1 aliphatic rings. The van der Waals surface area contributed by atoms with Crippen LogP contribution in [-0.4, -0.2) is 38.9 Å². The Morgan fingerprint density at radius 2 is 1.85 bits per heavy atom. The molecule has 4 nitrogen and oxygen atoms in total. The van der Waals surface area contributed by atoms with Crippen LogP contribution in [0, 0.1) is 0 Å². The van der Waals surface area contributed by atoms with E-state index in [1.54, 1.807) is 21.3 Å². The van der Waals surface area contributed by atoms with E-state index >= 15 is 0 Å². The Bertz CT molecular complexity index is 408. The molecular formula is C15H23NO3S. The normalized spacial score (nSPS) is 18.1. The molecule has 1 atom stereocenters. The van der Waals surface area contributed by atoms with Gasteiger partial charge in [-0.2, -0.15) is 11.8 Å². The summed E-state index contributed by atoms with van der Waals surface area (Å²) in [5.74, 6) is 3.36. The SMILES string of the molecule is COc1cc(CNCC2CCCS2)cc(OC)c1OC. The third-order valence-corrected chi connectivity index (χ3v) is 4.85. The maximum Gasteiger partial charge on any atom is 0.203 e. The van der Waals surface area contributed by atoms with Gasteiger partial charge in [-0.1, -0.05) is 0 Å². The summed E-state index contributed by atoms with van der Waals surface area (Å²) in [6.07, 6.45) is 2.67. The van der Waals surface area contributed by atoms with E-state index in [1.165, 1.54) is 18.6 Å². The van der Waals surface area contributed by atoms with Gasteiger partial charge in [0.25, 0.3) is 0 Å². The molecule has 0 bridgehead atoms. The Hall–Kier alpha value is -1.07. The average molecular weight is 297 g/mol. The second-order valence-electron chi connectivity index (χ2n) is 4.80. The lowest BCUT2D eigenvalue weighted by Gasteiger charge is -2.15. The lowest BCUT2D eigenvalue weighted by atomic mass is 10.1. The van der Waals surface area contributed by atoms with Crippen molar-refractivity contribution in [3.8, 4) is 17.2 Å². The first-order chi connectivity index (χ1) is 9.78. The molecule has 20 heavy (non-hydrogen) atoms. The fourth-order valence-electron chi connectivity index (χ4n) is 2.42. The highest BCUT2D eigenvalue weighted by Crippen LogP contribution is 2.38. The van der Waals surface area contributed by atoms with E-state index in [2.05, 4.69) is 17.1 Å². The summed E-state index contributed by atoms with van der Waals surface area (Å²) >= 11 is 2.07. The summed E-state index contributed by atoms with van der Waals surface area (Å²) in [5.41, 5.74) is 1.14. The molecule has 1 aromatic carbocycles. The molecule has 112 valence electrons. The maximum absolute atomic E-state index is 5.36. The van der Waals surface area contributed by atoms with Crippen molar-refractivity contribution in [1.82, 2.24) is 5.32 Å². The van der Waals surface area contributed by atoms with Crippen molar-refractivity contribution in [1.29, 1.82) is 0 Å². The van der Waals surface area contributed by atoms with Gasteiger partial charge in [-0.05, 0) is 36.3 Å². The summed E-state index contributed by atoms with van der Waals surface area (Å²) in [4.78, 5) is 0. The van der Waals surface area contributed by atoms with Gasteiger partial charge in [-0.3, -0.25) is 0 Å². The standard InChI is InChI=1S/C15H23NO3S/c1-17-13-7-11(8-14(18-2)15(13)19-3)9-16-10-12-5-4-6-20-12/h7-8,12,16H,4-6,9-10H2,1-3H3. The van der Waals surface area contributed by atoms with Gasteiger partial charge in [0.1, 0.15) is 0 Å². The number of ether oxygens (including phenoxy) is 3. The van der Waals surface area contributed by atoms with Crippen LogP contribution < -0.4 is 19.5 Å². The molecule has 1 unspecified atom stereocenters. The maximum atomic E-state index is 5.36. The molecule has 1 aliphatic heterocycles. The van der Waals surface area contributed by atoms with Crippen LogP contribution in [0.3, 0.4) is 0 Å². The minimum atomic E-state index is 0.644. The van der Waals surface area contributed by atoms with E-state index in [0.717, 1.165) is 23.9 Å². The zero-order valence-electron chi connectivity index (χ0n) is 12.4. The van der Waals surface area contributed by atoms with Crippen LogP contribution in [0.2, 0.25) is 0 Å². The molecule has 2 rings (SSSR count). The van der Waals surface area contributed by atoms with Crippen LogP contribution in [0.4, 0.5) is 0 Å². The van der Waals surface area contributed by atoms with Crippen LogP contribution in [0.5, 0.6) is 17.2 Å². The van der Waals surface area contributed by atoms with Crippen molar-refractivity contribution in [3.05, 3.63) is 17.7 Å². The lowest BCUT2D eigenvalue weighted by Crippen LogP contribution is -2.22. The molecule has 0 aromatic heterocycles. The number of benzene rings is 1. The molecule has 1 fully saturated rings. The van der Waals surface area contributed by atoms with Crippen molar-refractivity contribution in [2.45, 2.75) is 24.6 Å². The van der Waals surface area contributed by atoms with Crippen molar-refractivity contribution < 1.29 is 14.2 Å². The molecule has 1 saturated heterocycles. The van der Waals surface area contributed by atoms with Crippen LogP contribution in [0.1, 0.15) is 18.4 Å². The second kappa shape index (κ2) is 7.64. The van der Waals surface area contributed by atoms with Gasteiger partial charge in [-0.25, -0.2) is 0 Å². The van der Waals surface area contributed by atoms with Gasteiger partial charge < -0.3 is 19.5 Å². The Labute approximate surface area is 125 Å². The molecule has 5 heteroatoms. The Morgan fingerprint density at radius 3 is 2.35 bits per heavy atom. The summed E-state index contributed by atoms with van der Waals surface area (Å²) in [7, 11) is 4.91. The van der Waals surface area contributed by atoms with E-state index in [4.69, 9.17) is 14.2 Å². The first-order valence-corrected chi connectivity index (χ1v) is 7.94. The van der Waals surface area contributed by atoms with Crippen molar-refractivity contribution in [3.63, 3.8) is 0 Å². The fraction of sp³-hybridized carbons (Fsp3) is 0.600. The lowest BCUT2D eigenvalue weighted by molar-refractivity contribution is 0.323. The topological polar surface area (TPSA) is 39.7 Å². The molecule has 1 heterocycles. The van der Waals surface area contributed by atoms with Gasteiger partial charge in [0, 0.05) is 18.3 Å². The Morgan fingerprint density at radius 1 is 1.15 bits per heavy atom. The molecule has 1 N–H and O–H groups in total. The van der Waals surface area contributed by atoms with Crippen LogP contribution in [-0.2, 0) is 6.54 Å². The molecule has 0 radical (unpaired) electrons. The van der Waals surface area contributed by atoms with E-state index in [9.17, 15) is 0 Å². The van der Waals surface area contributed by atoms with E-state index in [0.29, 0.717) is 17.2 Å². The summed E-state index contributed by atoms with van der Waals surface area (Å²) in [6.45, 7) is 1.87. The molecule has 0 amide bonds. The van der Waals surface area contributed by atoms with E-state index < -0.39 is 0 Å². The smallest absolute Gasteiger partial charge is 0.203 e. The highest BCUT2D eigenvalue weighted by atomic mass is 32.2. The molecule has 0 saturated carbocycles. The highest BCUT2D eigenvalue weighted by molar-refractivity contribution is 8.00. The minimum Gasteiger partial charge on any atom is -0.493 e. The monoisotopic (exact) mass is 297 g/mol. The van der Waals surface area contributed by atoms with Crippen molar-refractivity contribution in [2.75, 3.05) is 33.6 Å². The average Bonchev–Trinajstić information content (AvgIpc) is 2.99. The predicted octanol–water partition coefficient (Wildman–Crippen LogP) is 2.70. The quantitative estimate of drug-likeness (QED) is 0.838. The zero-order chi connectivity index (χ0) is 14.4. The molecule has 1 aromatic rings. The first kappa shape index (κ1) is 15.3. The molecular weight excluding hydrogens is 274 g/mol. The highest BCUT2D eigenvalue weighted by Gasteiger charge is 2.16. The number of nitrogens with one attached hydrogen (secondary N) is 1. The molecule has 0 aliphatic carbocycles. The second-order valence-corrected chi connectivity index (χ2v) is 6.21. The largest absolute Gasteiger partial charge is 0.493 e. The number of rotatable bonds is 7. The zero-order valence-corrected chi connectivity index (χ0v) is 13.2. The molecule has 0 spiro atoms. The number of methoxy groups -OCH3 is 3. The van der Waals surface area contributed by atoms with E-state index in [-0.39, 0.29) is 0 Å². The Kier molecular flexibility index (Phi) is 5.86. The van der Waals surface area contributed by atoms with Crippen molar-refractivity contribution in [2.24, 2.45) is 0 Å². The van der Waals surface area contributed by atoms with Gasteiger partial charge in [-0.15, -0.1) is 0 Å². The van der Waals surface area contributed by atoms with Crippen LogP contribution in [0.25, 0.3) is 0 Å². The number of hydrogen-bond acceptors (Lipinski definition) is 5. The van der Waals surface area contributed by atoms with Crippen LogP contribution >= 0.6 is 11.8 Å². The van der Waals surface area contributed by atoms with Gasteiger partial charge >= 0.3 is 0 Å². The summed E-state index contributed by atoms with van der Waals surface area (Å²) in [5, 5.41) is 4.27. The van der Waals surface area contributed by atoms with Gasteiger partial charge in [0.2, 0.25) is 5.75 Å². The minimum absolute atomic E-state index is 0.644. The number of hydrogen-bond donors (Lipinski definition) is 1. The fourth-order valence-corrected chi connectivity index (χ4v) is 3.66. The first-order valence-electron chi connectivity index (χ1n) is 6.89. The van der Waals surface area contributed by atoms with Gasteiger partial charge in [0.05, 0.1) is 21.3 Å². The summed E-state index contributed by atoms with van der Waals surface area (Å²) in [6, 6.07) is 3.99. The predicted molar refractivity (Wildman–Crippen MR) is 83.3 cm³/mol. The van der Waals surface area contributed by atoms with E-state index in [1.807, 2.05) is 12.1 Å². The van der Waals surface area contributed by atoms with Crippen molar-refractivity contribution >= 4 is 11.8 Å². The Balaban J connectivity index is 1.99. The number of thioether (sulfide) groups is 1. The third-order valence-electron chi connectivity index (χ3n) is 3.45.